The van der Waals surface area contributed by atoms with Gasteiger partial charge in [0, 0.05) is 19.0 Å². The van der Waals surface area contributed by atoms with Crippen LogP contribution in [0.5, 0.6) is 0 Å². The van der Waals surface area contributed by atoms with Crippen molar-refractivity contribution >= 4 is 23.9 Å². The lowest BCUT2D eigenvalue weighted by Crippen LogP contribution is -2.56. The van der Waals surface area contributed by atoms with Gasteiger partial charge in [0.1, 0.15) is 17.7 Å². The average molecular weight is 624 g/mol. The maximum atomic E-state index is 14.8. The van der Waals surface area contributed by atoms with E-state index in [-0.39, 0.29) is 32.0 Å². The molecule has 248 valence electrons. The summed E-state index contributed by atoms with van der Waals surface area (Å²) in [5.41, 5.74) is 2.63. The average Bonchev–Trinajstić information content (AvgIpc) is 2.95. The van der Waals surface area contributed by atoms with Crippen molar-refractivity contribution in [2.75, 3.05) is 13.2 Å². The highest BCUT2D eigenvalue weighted by Crippen LogP contribution is 2.31. The third-order valence-electron chi connectivity index (χ3n) is 7.56. The topological polar surface area (TPSA) is 114 Å². The van der Waals surface area contributed by atoms with Crippen molar-refractivity contribution in [1.29, 1.82) is 0 Å². The lowest BCUT2D eigenvalue weighted by Gasteiger charge is -2.39. The van der Waals surface area contributed by atoms with Crippen molar-refractivity contribution in [2.45, 2.75) is 112 Å². The molecule has 3 atom stereocenters. The van der Waals surface area contributed by atoms with Crippen LogP contribution in [-0.2, 0) is 30.3 Å². The van der Waals surface area contributed by atoms with Gasteiger partial charge in [-0.1, -0.05) is 62.4 Å². The van der Waals surface area contributed by atoms with E-state index in [4.69, 9.17) is 9.47 Å². The molecule has 9 nitrogen and oxygen atoms in total. The molecule has 0 bridgehead atoms. The number of carbonyl (C=O) groups excluding carboxylic acids is 4. The highest BCUT2D eigenvalue weighted by molar-refractivity contribution is 5.93. The van der Waals surface area contributed by atoms with Crippen LogP contribution in [0, 0.1) is 19.8 Å². The predicted molar refractivity (Wildman–Crippen MR) is 177 cm³/mol. The summed E-state index contributed by atoms with van der Waals surface area (Å²) >= 11 is 0. The zero-order chi connectivity index (χ0) is 33.7. The fourth-order valence-corrected chi connectivity index (χ4v) is 5.10. The number of aryl methyl sites for hydroxylation is 1. The zero-order valence-corrected chi connectivity index (χ0v) is 28.6. The molecule has 0 aromatic heterocycles. The molecule has 9 heteroatoms. The minimum absolute atomic E-state index is 0.00673. The standard InChI is InChI=1S/C36H53N3O6/c1-10-44-31(40)21-22-37-33(41)32(29-18-14-15-25(4)27(29)6)39(26(5)20-19-24(2)3)34(42)30(23-28-16-12-11-13-17-28)38-35(43)45-36(7,8)9/h11-18,24,26,30,32H,10,19-23H2,1-9H3,(H,37,41)(H,38,43). The predicted octanol–water partition coefficient (Wildman–Crippen LogP) is 6.20. The Balaban J connectivity index is 2.65. The second-order valence-corrected chi connectivity index (χ2v) is 13.0. The van der Waals surface area contributed by atoms with E-state index in [2.05, 4.69) is 24.5 Å². The molecule has 45 heavy (non-hydrogen) atoms. The van der Waals surface area contributed by atoms with Gasteiger partial charge >= 0.3 is 12.1 Å². The molecule has 0 saturated carbocycles. The lowest BCUT2D eigenvalue weighted by molar-refractivity contribution is -0.146. The first-order valence-electron chi connectivity index (χ1n) is 16.0. The van der Waals surface area contributed by atoms with Gasteiger partial charge in [-0.3, -0.25) is 14.4 Å². The molecule has 3 unspecified atom stereocenters. The van der Waals surface area contributed by atoms with Crippen molar-refractivity contribution in [3.05, 3.63) is 70.8 Å². The number of rotatable bonds is 15. The van der Waals surface area contributed by atoms with Gasteiger partial charge in [0.15, 0.2) is 0 Å². The van der Waals surface area contributed by atoms with Crippen LogP contribution in [0.4, 0.5) is 4.79 Å². The minimum atomic E-state index is -1.01. The first-order chi connectivity index (χ1) is 21.1. The van der Waals surface area contributed by atoms with Crippen LogP contribution in [0.15, 0.2) is 48.5 Å². The van der Waals surface area contributed by atoms with Crippen molar-refractivity contribution in [3.8, 4) is 0 Å². The Hall–Kier alpha value is -3.88. The maximum absolute atomic E-state index is 14.8. The number of alkyl carbamates (subject to hydrolysis) is 1. The van der Waals surface area contributed by atoms with Gasteiger partial charge in [0.2, 0.25) is 11.8 Å². The molecule has 0 aliphatic carbocycles. The Kier molecular flexibility index (Phi) is 14.6. The van der Waals surface area contributed by atoms with Crippen LogP contribution < -0.4 is 10.6 Å². The van der Waals surface area contributed by atoms with E-state index in [1.165, 1.54) is 0 Å². The van der Waals surface area contributed by atoms with Crippen molar-refractivity contribution < 1.29 is 28.7 Å². The van der Waals surface area contributed by atoms with E-state index >= 15 is 0 Å². The monoisotopic (exact) mass is 623 g/mol. The van der Waals surface area contributed by atoms with Gasteiger partial charge in [-0.25, -0.2) is 4.79 Å². The highest BCUT2D eigenvalue weighted by Gasteiger charge is 2.39. The van der Waals surface area contributed by atoms with E-state index in [1.807, 2.05) is 69.3 Å². The fourth-order valence-electron chi connectivity index (χ4n) is 5.10. The minimum Gasteiger partial charge on any atom is -0.466 e. The van der Waals surface area contributed by atoms with E-state index in [1.54, 1.807) is 32.6 Å². The Bertz CT molecular complexity index is 1270. The van der Waals surface area contributed by atoms with E-state index in [0.717, 1.165) is 23.1 Å². The largest absolute Gasteiger partial charge is 0.466 e. The second-order valence-electron chi connectivity index (χ2n) is 13.0. The molecule has 2 rings (SSSR count). The highest BCUT2D eigenvalue weighted by atomic mass is 16.6. The molecular weight excluding hydrogens is 570 g/mol. The van der Waals surface area contributed by atoms with Gasteiger partial charge in [-0.15, -0.1) is 0 Å². The molecule has 0 heterocycles. The lowest BCUT2D eigenvalue weighted by atomic mass is 9.92. The number of benzene rings is 2. The molecule has 2 N–H and O–H groups in total. The van der Waals surface area contributed by atoms with E-state index in [9.17, 15) is 19.2 Å². The molecule has 0 saturated heterocycles. The molecule has 2 aromatic carbocycles. The summed E-state index contributed by atoms with van der Waals surface area (Å²) in [5.74, 6) is -0.841. The number of nitrogens with zero attached hydrogens (tertiary/aromatic N) is 1. The van der Waals surface area contributed by atoms with E-state index in [0.29, 0.717) is 17.9 Å². The van der Waals surface area contributed by atoms with Gasteiger partial charge < -0.3 is 25.0 Å². The Morgan fingerprint density at radius 2 is 1.58 bits per heavy atom. The Morgan fingerprint density at radius 3 is 2.18 bits per heavy atom. The number of nitrogens with one attached hydrogen (secondary N) is 2. The van der Waals surface area contributed by atoms with Crippen molar-refractivity contribution in [3.63, 3.8) is 0 Å². The summed E-state index contributed by atoms with van der Waals surface area (Å²) in [5, 5.41) is 5.71. The number of carbonyl (C=O) groups is 4. The van der Waals surface area contributed by atoms with Crippen LogP contribution in [0.3, 0.4) is 0 Å². The molecule has 0 spiro atoms. The van der Waals surface area contributed by atoms with Crippen molar-refractivity contribution in [1.82, 2.24) is 15.5 Å². The summed E-state index contributed by atoms with van der Waals surface area (Å²) < 4.78 is 10.6. The second kappa shape index (κ2) is 17.6. The van der Waals surface area contributed by atoms with Gasteiger partial charge in [0.05, 0.1) is 13.0 Å². The summed E-state index contributed by atoms with van der Waals surface area (Å²) in [6.45, 7) is 17.4. The van der Waals surface area contributed by atoms with Gasteiger partial charge in [0.25, 0.3) is 0 Å². The van der Waals surface area contributed by atoms with Crippen LogP contribution in [0.25, 0.3) is 0 Å². The molecule has 0 fully saturated rings. The first-order valence-corrected chi connectivity index (χ1v) is 16.0. The Morgan fingerprint density at radius 1 is 0.911 bits per heavy atom. The Labute approximate surface area is 269 Å². The number of hydrogen-bond acceptors (Lipinski definition) is 6. The molecule has 0 aliphatic rings. The van der Waals surface area contributed by atoms with Crippen LogP contribution >= 0.6 is 0 Å². The zero-order valence-electron chi connectivity index (χ0n) is 28.6. The molecule has 2 aromatic rings. The van der Waals surface area contributed by atoms with Crippen LogP contribution in [0.1, 0.15) is 96.0 Å². The first kappa shape index (κ1) is 37.3. The fraction of sp³-hybridized carbons (Fsp3) is 0.556. The number of ether oxygens (including phenoxy) is 2. The molecule has 0 radical (unpaired) electrons. The summed E-state index contributed by atoms with van der Waals surface area (Å²) in [4.78, 5) is 55.7. The maximum Gasteiger partial charge on any atom is 0.408 e. The van der Waals surface area contributed by atoms with Crippen molar-refractivity contribution in [2.24, 2.45) is 5.92 Å². The van der Waals surface area contributed by atoms with Gasteiger partial charge in [-0.05, 0) is 89.5 Å². The van der Waals surface area contributed by atoms with E-state index < -0.39 is 41.6 Å². The summed E-state index contributed by atoms with van der Waals surface area (Å²) in [6.07, 6.45) is 0.973. The third-order valence-corrected chi connectivity index (χ3v) is 7.56. The van der Waals surface area contributed by atoms with Gasteiger partial charge in [-0.2, -0.15) is 0 Å². The number of esters is 1. The SMILES string of the molecule is CCOC(=O)CCNC(=O)C(c1cccc(C)c1C)N(C(=O)C(Cc1ccccc1)NC(=O)OC(C)(C)C)C(C)CCC(C)C. The van der Waals surface area contributed by atoms with Crippen LogP contribution in [0.2, 0.25) is 0 Å². The molecule has 3 amide bonds. The molecule has 0 aliphatic heterocycles. The normalized spacial score (nSPS) is 13.4. The number of hydrogen-bond donors (Lipinski definition) is 2. The molecular formula is C36H53N3O6. The smallest absolute Gasteiger partial charge is 0.408 e. The summed E-state index contributed by atoms with van der Waals surface area (Å²) in [7, 11) is 0. The quantitative estimate of drug-likeness (QED) is 0.228. The van der Waals surface area contributed by atoms with Crippen LogP contribution in [-0.4, -0.2) is 59.6 Å². The third kappa shape index (κ3) is 12.2. The summed E-state index contributed by atoms with van der Waals surface area (Å²) in [6, 6.07) is 12.8. The number of amides is 3.